The highest BCUT2D eigenvalue weighted by Crippen LogP contribution is 2.50. The van der Waals surface area contributed by atoms with Crippen molar-refractivity contribution in [2.75, 3.05) is 6.16 Å². The molecule has 9 heteroatoms. The molecule has 0 spiro atoms. The number of imidazole rings is 1. The Morgan fingerprint density at radius 1 is 1.00 bits per heavy atom. The van der Waals surface area contributed by atoms with Gasteiger partial charge in [-0.2, -0.15) is 14.7 Å². The zero-order valence-electron chi connectivity index (χ0n) is 14.6. The fourth-order valence-electron chi connectivity index (χ4n) is 3.93. The lowest BCUT2D eigenvalue weighted by atomic mass is 9.79. The largest absolute Gasteiger partial charge is 0.403 e. The molecule has 7 nitrogen and oxygen atoms in total. The highest BCUT2D eigenvalue weighted by Gasteiger charge is 2.36. The van der Waals surface area contributed by atoms with E-state index in [-0.39, 0.29) is 12.1 Å². The van der Waals surface area contributed by atoms with Gasteiger partial charge < -0.3 is 0 Å². The molecule has 1 aromatic carbocycles. The Balaban J connectivity index is 1.47. The summed E-state index contributed by atoms with van der Waals surface area (Å²) in [6.45, 7) is 0. The van der Waals surface area contributed by atoms with Gasteiger partial charge in [0.25, 0.3) is 0 Å². The van der Waals surface area contributed by atoms with E-state index in [2.05, 4.69) is 27.1 Å². The average Bonchev–Trinajstić information content (AvgIpc) is 3.07. The second kappa shape index (κ2) is 7.41. The van der Waals surface area contributed by atoms with E-state index >= 15 is 0 Å². The topological polar surface area (TPSA) is 104 Å². The Morgan fingerprint density at radius 3 is 2.37 bits per heavy atom. The molecule has 0 atom stereocenters. The number of hydrogen-bond donors (Lipinski definition) is 3. The van der Waals surface area contributed by atoms with Crippen molar-refractivity contribution < 1.29 is 14.7 Å². The van der Waals surface area contributed by atoms with Crippen LogP contribution in [0.4, 0.5) is 0 Å². The van der Waals surface area contributed by atoms with Gasteiger partial charge in [-0.3, -0.25) is 4.57 Å². The molecule has 27 heavy (non-hydrogen) atoms. The third-order valence-electron chi connectivity index (χ3n) is 5.28. The third kappa shape index (κ3) is 4.13. The zero-order valence-corrected chi connectivity index (χ0v) is 16.3. The van der Waals surface area contributed by atoms with Crippen molar-refractivity contribution in [3.8, 4) is 5.69 Å². The summed E-state index contributed by atoms with van der Waals surface area (Å²) in [7, 11) is -3.66. The first-order valence-electron chi connectivity index (χ1n) is 8.91. The van der Waals surface area contributed by atoms with Crippen molar-refractivity contribution in [2.24, 2.45) is 5.92 Å². The number of hydrogen-bond acceptors (Lipinski definition) is 6. The Labute approximate surface area is 162 Å². The molecule has 0 saturated heterocycles. The predicted octanol–water partition coefficient (Wildman–Crippen LogP) is 3.48. The lowest BCUT2D eigenvalue weighted by Gasteiger charge is -2.28. The van der Waals surface area contributed by atoms with Crippen LogP contribution in [0.3, 0.4) is 0 Å². The second-order valence-corrected chi connectivity index (χ2v) is 9.24. The van der Waals surface area contributed by atoms with Crippen molar-refractivity contribution in [2.45, 2.75) is 31.6 Å². The molecule has 142 valence electrons. The molecule has 3 N–H and O–H groups in total. The first kappa shape index (κ1) is 18.7. The predicted molar refractivity (Wildman–Crippen MR) is 105 cm³/mol. The molecular formula is C18H21ClN4O3P+. The Bertz CT molecular complexity index is 934. The van der Waals surface area contributed by atoms with E-state index in [4.69, 9.17) is 11.6 Å². The standard InChI is InChI=1S/C18H21ClN4O3P/c19-17-16-18(21-10-20-17)23(11-22-16)15-7-5-14(6-8-15)13-3-1-12(2-4-13)9-27(24,25)26/h5-8,10-13,24-26H,1-4,9H2/q+1. The first-order chi connectivity index (χ1) is 12.9. The normalized spacial score (nSPS) is 20.9. The maximum Gasteiger partial charge on any atom is 0.403 e. The summed E-state index contributed by atoms with van der Waals surface area (Å²) in [5, 5.41) is 0.340. The molecule has 4 rings (SSSR count). The van der Waals surface area contributed by atoms with Crippen LogP contribution in [0, 0.1) is 5.92 Å². The smallest absolute Gasteiger partial charge is 0.283 e. The van der Waals surface area contributed by atoms with Crippen LogP contribution in [0.15, 0.2) is 36.9 Å². The summed E-state index contributed by atoms with van der Waals surface area (Å²) < 4.78 is 1.89. The summed E-state index contributed by atoms with van der Waals surface area (Å²) in [6.07, 6.45) is 7.02. The van der Waals surface area contributed by atoms with Crippen LogP contribution in [-0.2, 0) is 0 Å². The van der Waals surface area contributed by atoms with Crippen molar-refractivity contribution in [1.29, 1.82) is 0 Å². The molecule has 1 aliphatic carbocycles. The number of rotatable bonds is 4. The van der Waals surface area contributed by atoms with Gasteiger partial charge in [0, 0.05) is 11.6 Å². The molecule has 0 aliphatic heterocycles. The first-order valence-corrected chi connectivity index (χ1v) is 11.1. The number of aromatic nitrogens is 4. The van der Waals surface area contributed by atoms with Crippen LogP contribution in [-0.4, -0.2) is 40.4 Å². The summed E-state index contributed by atoms with van der Waals surface area (Å²) >= 11 is 6.06. The van der Waals surface area contributed by atoms with Crippen molar-refractivity contribution in [3.05, 3.63) is 47.6 Å². The van der Waals surface area contributed by atoms with Gasteiger partial charge >= 0.3 is 7.94 Å². The van der Waals surface area contributed by atoms with Crippen molar-refractivity contribution >= 4 is 30.7 Å². The van der Waals surface area contributed by atoms with Crippen LogP contribution in [0.2, 0.25) is 5.15 Å². The quantitative estimate of drug-likeness (QED) is 0.452. The van der Waals surface area contributed by atoms with E-state index in [9.17, 15) is 14.7 Å². The number of halogens is 1. The highest BCUT2D eigenvalue weighted by molar-refractivity contribution is 7.58. The van der Waals surface area contributed by atoms with E-state index < -0.39 is 7.94 Å². The van der Waals surface area contributed by atoms with E-state index in [1.165, 1.54) is 11.9 Å². The number of benzene rings is 1. The van der Waals surface area contributed by atoms with Gasteiger partial charge in [-0.25, -0.2) is 15.0 Å². The molecular weight excluding hydrogens is 387 g/mol. The van der Waals surface area contributed by atoms with E-state index in [1.807, 2.05) is 16.7 Å². The van der Waals surface area contributed by atoms with E-state index in [1.54, 1.807) is 6.33 Å². The summed E-state index contributed by atoms with van der Waals surface area (Å²) in [5.41, 5.74) is 3.48. The van der Waals surface area contributed by atoms with Gasteiger partial charge in [-0.15, -0.1) is 0 Å². The number of fused-ring (bicyclic) bond motifs is 1. The van der Waals surface area contributed by atoms with Crippen LogP contribution in [0.1, 0.15) is 37.2 Å². The SMILES string of the molecule is O[P+](O)(O)CC1CCC(c2ccc(-n3cnc4c(Cl)ncnc43)cc2)CC1. The molecule has 2 heterocycles. The van der Waals surface area contributed by atoms with Gasteiger partial charge in [0.05, 0.1) is 0 Å². The molecule has 0 amide bonds. The summed E-state index contributed by atoms with van der Waals surface area (Å²) in [6, 6.07) is 8.33. The van der Waals surface area contributed by atoms with Crippen LogP contribution >= 0.6 is 19.5 Å². The number of nitrogens with zero attached hydrogens (tertiary/aromatic N) is 4. The molecule has 1 fully saturated rings. The fourth-order valence-corrected chi connectivity index (χ4v) is 5.16. The molecule has 1 saturated carbocycles. The van der Waals surface area contributed by atoms with Gasteiger partial charge in [0.15, 0.2) is 10.8 Å². The van der Waals surface area contributed by atoms with Gasteiger partial charge in [0.1, 0.15) is 24.3 Å². The highest BCUT2D eigenvalue weighted by atomic mass is 35.5. The Kier molecular flexibility index (Phi) is 5.14. The van der Waals surface area contributed by atoms with Crippen molar-refractivity contribution in [3.63, 3.8) is 0 Å². The molecule has 1 aliphatic rings. The van der Waals surface area contributed by atoms with E-state index in [0.717, 1.165) is 31.4 Å². The summed E-state index contributed by atoms with van der Waals surface area (Å²) in [5.74, 6) is 0.644. The maximum absolute atomic E-state index is 9.26. The zero-order chi connectivity index (χ0) is 19.0. The molecule has 0 bridgehead atoms. The molecule has 0 unspecified atom stereocenters. The fraction of sp³-hybridized carbons (Fsp3) is 0.389. The van der Waals surface area contributed by atoms with Crippen molar-refractivity contribution in [1.82, 2.24) is 19.5 Å². The van der Waals surface area contributed by atoms with Gasteiger partial charge in [-0.05, 0) is 49.3 Å². The Hall–Kier alpha value is -1.63. The lowest BCUT2D eigenvalue weighted by molar-refractivity contribution is 0.291. The molecule has 0 radical (unpaired) electrons. The molecule has 3 aromatic rings. The average molecular weight is 408 g/mol. The summed E-state index contributed by atoms with van der Waals surface area (Å²) in [4.78, 5) is 40.3. The monoisotopic (exact) mass is 407 g/mol. The minimum atomic E-state index is -3.66. The third-order valence-corrected chi connectivity index (χ3v) is 6.56. The van der Waals surface area contributed by atoms with Gasteiger partial charge in [0.2, 0.25) is 0 Å². The van der Waals surface area contributed by atoms with Crippen LogP contribution < -0.4 is 0 Å². The van der Waals surface area contributed by atoms with E-state index in [0.29, 0.717) is 22.2 Å². The minimum absolute atomic E-state index is 0.122. The van der Waals surface area contributed by atoms with Crippen LogP contribution in [0.5, 0.6) is 0 Å². The maximum atomic E-state index is 9.26. The lowest BCUT2D eigenvalue weighted by Crippen LogP contribution is -2.18. The van der Waals surface area contributed by atoms with Gasteiger partial charge in [-0.1, -0.05) is 23.7 Å². The Morgan fingerprint density at radius 2 is 1.70 bits per heavy atom. The van der Waals surface area contributed by atoms with Crippen LogP contribution in [0.25, 0.3) is 16.9 Å². The molecule has 2 aromatic heterocycles. The minimum Gasteiger partial charge on any atom is -0.283 e. The second-order valence-electron chi connectivity index (χ2n) is 7.14.